The first-order chi connectivity index (χ1) is 9.18. The summed E-state index contributed by atoms with van der Waals surface area (Å²) < 4.78 is 52.9. The quantitative estimate of drug-likeness (QED) is 0.853. The number of carbonyl (C=O) groups is 1. The Balaban J connectivity index is 1.94. The molecule has 0 aliphatic carbocycles. The Morgan fingerprint density at radius 2 is 1.95 bits per heavy atom. The number of rotatable bonds is 4. The number of carbonyl (C=O) groups excluding carboxylic acids is 1. The molecule has 2 rings (SSSR count). The van der Waals surface area contributed by atoms with Crippen LogP contribution in [0.1, 0.15) is 6.42 Å². The van der Waals surface area contributed by atoms with Gasteiger partial charge >= 0.3 is 11.9 Å². The van der Waals surface area contributed by atoms with Crippen LogP contribution >= 0.6 is 0 Å². The van der Waals surface area contributed by atoms with Crippen molar-refractivity contribution in [1.82, 2.24) is 0 Å². The zero-order valence-electron chi connectivity index (χ0n) is 10.6. The van der Waals surface area contributed by atoms with Gasteiger partial charge in [0.15, 0.2) is 9.84 Å². The Morgan fingerprint density at radius 1 is 1.35 bits per heavy atom. The number of cyclic esters (lactones) is 1. The number of esters is 1. The monoisotopic (exact) mass is 305 g/mol. The molecule has 20 heavy (non-hydrogen) atoms. The molecule has 5 nitrogen and oxygen atoms in total. The number of benzene rings is 1. The summed E-state index contributed by atoms with van der Waals surface area (Å²) in [7, 11) is -3.27. The van der Waals surface area contributed by atoms with Crippen LogP contribution in [0.25, 0.3) is 0 Å². The van der Waals surface area contributed by atoms with E-state index in [1.807, 2.05) is 0 Å². The average Bonchev–Trinajstić information content (AvgIpc) is 2.60. The lowest BCUT2D eigenvalue weighted by atomic mass is 10.2. The third-order valence-corrected chi connectivity index (χ3v) is 4.00. The lowest BCUT2D eigenvalue weighted by Gasteiger charge is -2.11. The highest BCUT2D eigenvalue weighted by molar-refractivity contribution is 7.90. The zero-order chi connectivity index (χ0) is 15.0. The molecule has 1 N–H and O–H groups in total. The topological polar surface area (TPSA) is 72.5 Å². The Bertz CT molecular complexity index is 613. The van der Waals surface area contributed by atoms with Gasteiger partial charge in [0.1, 0.15) is 6.10 Å². The van der Waals surface area contributed by atoms with Crippen LogP contribution in [0.2, 0.25) is 0 Å². The molecule has 1 fully saturated rings. The molecule has 0 spiro atoms. The van der Waals surface area contributed by atoms with Crippen molar-refractivity contribution in [2.45, 2.75) is 23.3 Å². The van der Waals surface area contributed by atoms with Crippen LogP contribution in [-0.4, -0.2) is 39.2 Å². The Hall–Kier alpha value is -1.70. The number of hydrogen-bond acceptors (Lipinski definition) is 5. The zero-order valence-corrected chi connectivity index (χ0v) is 11.4. The van der Waals surface area contributed by atoms with Gasteiger partial charge in [-0.1, -0.05) is 0 Å². The van der Waals surface area contributed by atoms with E-state index in [4.69, 9.17) is 0 Å². The first-order valence-electron chi connectivity index (χ1n) is 5.81. The van der Waals surface area contributed by atoms with E-state index in [0.29, 0.717) is 5.69 Å². The molecule has 1 aromatic carbocycles. The third-order valence-electron chi connectivity index (χ3n) is 2.87. The number of nitrogens with one attached hydrogen (secondary N) is 1. The molecule has 0 amide bonds. The van der Waals surface area contributed by atoms with Crippen molar-refractivity contribution in [3.63, 3.8) is 0 Å². The first-order valence-corrected chi connectivity index (χ1v) is 7.70. The van der Waals surface area contributed by atoms with Crippen LogP contribution in [0.4, 0.5) is 14.5 Å². The van der Waals surface area contributed by atoms with Crippen LogP contribution < -0.4 is 5.32 Å². The van der Waals surface area contributed by atoms with E-state index in [9.17, 15) is 22.0 Å². The summed E-state index contributed by atoms with van der Waals surface area (Å²) in [6.45, 7) is 0.0412. The van der Waals surface area contributed by atoms with Crippen molar-refractivity contribution >= 4 is 21.5 Å². The van der Waals surface area contributed by atoms with Crippen molar-refractivity contribution in [2.75, 3.05) is 18.1 Å². The van der Waals surface area contributed by atoms with E-state index >= 15 is 0 Å². The van der Waals surface area contributed by atoms with Gasteiger partial charge in [-0.2, -0.15) is 8.78 Å². The lowest BCUT2D eigenvalue weighted by molar-refractivity contribution is -0.158. The molecule has 1 atom stereocenters. The molecular weight excluding hydrogens is 292 g/mol. The van der Waals surface area contributed by atoms with Crippen LogP contribution in [0.5, 0.6) is 0 Å². The van der Waals surface area contributed by atoms with Gasteiger partial charge in [-0.05, 0) is 24.3 Å². The highest BCUT2D eigenvalue weighted by Gasteiger charge is 2.50. The van der Waals surface area contributed by atoms with Crippen LogP contribution in [0, 0.1) is 0 Å². The summed E-state index contributed by atoms with van der Waals surface area (Å²) in [5, 5.41) is 2.82. The molecule has 8 heteroatoms. The summed E-state index contributed by atoms with van der Waals surface area (Å²) in [4.78, 5) is 11.0. The molecule has 1 heterocycles. The molecule has 110 valence electrons. The van der Waals surface area contributed by atoms with Crippen LogP contribution in [0.3, 0.4) is 0 Å². The number of sulfone groups is 1. The van der Waals surface area contributed by atoms with Gasteiger partial charge in [0, 0.05) is 11.9 Å². The number of anilines is 1. The maximum Gasteiger partial charge on any atom is 0.377 e. The molecule has 0 radical (unpaired) electrons. The molecule has 0 bridgehead atoms. The highest BCUT2D eigenvalue weighted by Crippen LogP contribution is 2.30. The van der Waals surface area contributed by atoms with Crippen molar-refractivity contribution in [3.05, 3.63) is 24.3 Å². The normalized spacial score (nSPS) is 21.6. The van der Waals surface area contributed by atoms with E-state index in [-0.39, 0.29) is 11.4 Å². The minimum atomic E-state index is -3.42. The molecular formula is C12H13F2NO4S. The lowest BCUT2D eigenvalue weighted by Crippen LogP contribution is -2.22. The fourth-order valence-electron chi connectivity index (χ4n) is 1.81. The average molecular weight is 305 g/mol. The maximum absolute atomic E-state index is 12.9. The van der Waals surface area contributed by atoms with Gasteiger partial charge in [0.25, 0.3) is 0 Å². The predicted molar refractivity (Wildman–Crippen MR) is 67.5 cm³/mol. The third kappa shape index (κ3) is 3.24. The van der Waals surface area contributed by atoms with E-state index < -0.39 is 34.3 Å². The largest absolute Gasteiger partial charge is 0.456 e. The summed E-state index contributed by atoms with van der Waals surface area (Å²) >= 11 is 0. The van der Waals surface area contributed by atoms with Gasteiger partial charge in [-0.15, -0.1) is 0 Å². The molecule has 1 saturated heterocycles. The minimum absolute atomic E-state index is 0.0412. The van der Waals surface area contributed by atoms with E-state index in [1.54, 1.807) is 0 Å². The fraction of sp³-hybridized carbons (Fsp3) is 0.417. The Labute approximate surface area is 114 Å². The van der Waals surface area contributed by atoms with Gasteiger partial charge in [0.2, 0.25) is 0 Å². The fourth-order valence-corrected chi connectivity index (χ4v) is 2.44. The second kappa shape index (κ2) is 5.01. The molecule has 0 saturated carbocycles. The predicted octanol–water partition coefficient (Wildman–Crippen LogP) is 1.45. The van der Waals surface area contributed by atoms with Gasteiger partial charge in [0.05, 0.1) is 17.9 Å². The summed E-state index contributed by atoms with van der Waals surface area (Å²) in [6.07, 6.45) is -0.456. The molecule has 1 aliphatic rings. The van der Waals surface area contributed by atoms with Crippen molar-refractivity contribution in [1.29, 1.82) is 0 Å². The molecule has 1 aliphatic heterocycles. The smallest absolute Gasteiger partial charge is 0.377 e. The number of alkyl halides is 2. The van der Waals surface area contributed by atoms with Crippen molar-refractivity contribution < 1.29 is 26.7 Å². The minimum Gasteiger partial charge on any atom is -0.456 e. The second-order valence-corrected chi connectivity index (χ2v) is 6.63. The van der Waals surface area contributed by atoms with Gasteiger partial charge < -0.3 is 10.1 Å². The van der Waals surface area contributed by atoms with E-state index in [0.717, 1.165) is 6.26 Å². The first kappa shape index (κ1) is 14.7. The van der Waals surface area contributed by atoms with Crippen molar-refractivity contribution in [2.24, 2.45) is 0 Å². The second-order valence-electron chi connectivity index (χ2n) is 4.61. The number of hydrogen-bond donors (Lipinski definition) is 1. The van der Waals surface area contributed by atoms with Gasteiger partial charge in [-0.3, -0.25) is 0 Å². The summed E-state index contributed by atoms with van der Waals surface area (Å²) in [6, 6.07) is 5.86. The van der Waals surface area contributed by atoms with Gasteiger partial charge in [-0.25, -0.2) is 13.2 Å². The van der Waals surface area contributed by atoms with Crippen LogP contribution in [-0.2, 0) is 19.4 Å². The maximum atomic E-state index is 12.9. The standard InChI is InChI=1S/C12H13F2NO4S/c1-20(17,18)10-4-2-8(3-5-10)15-7-9-6-12(13,14)11(16)19-9/h2-5,9,15H,6-7H2,1H3. The summed E-state index contributed by atoms with van der Waals surface area (Å²) in [5.74, 6) is -4.93. The van der Waals surface area contributed by atoms with Crippen molar-refractivity contribution in [3.8, 4) is 0 Å². The molecule has 1 unspecified atom stereocenters. The molecule has 0 aromatic heterocycles. The number of ether oxygens (including phenoxy) is 1. The number of halogens is 2. The molecule has 1 aromatic rings. The van der Waals surface area contributed by atoms with Crippen LogP contribution in [0.15, 0.2) is 29.2 Å². The SMILES string of the molecule is CS(=O)(=O)c1ccc(NCC2CC(F)(F)C(=O)O2)cc1. The van der Waals surface area contributed by atoms with E-state index in [2.05, 4.69) is 10.1 Å². The summed E-state index contributed by atoms with van der Waals surface area (Å²) in [5.41, 5.74) is 0.559. The Kier molecular flexibility index (Phi) is 3.68. The Morgan fingerprint density at radius 3 is 2.40 bits per heavy atom. The highest BCUT2D eigenvalue weighted by atomic mass is 32.2. The van der Waals surface area contributed by atoms with E-state index in [1.165, 1.54) is 24.3 Å².